The van der Waals surface area contributed by atoms with Crippen LogP contribution in [-0.4, -0.2) is 27.5 Å². The predicted molar refractivity (Wildman–Crippen MR) is 86.4 cm³/mol. The van der Waals surface area contributed by atoms with Crippen LogP contribution in [0.25, 0.3) is 5.65 Å². The number of nitrogens with two attached hydrogens (primary N) is 1. The summed E-state index contributed by atoms with van der Waals surface area (Å²) < 4.78 is 1.96. The Morgan fingerprint density at radius 3 is 2.81 bits per heavy atom. The number of rotatable bonds is 1. The largest absolute Gasteiger partial charge is 0.382 e. The van der Waals surface area contributed by atoms with Crippen LogP contribution in [0.3, 0.4) is 0 Å². The monoisotopic (exact) mass is 287 g/mol. The third-order valence-electron chi connectivity index (χ3n) is 4.63. The third kappa shape index (κ3) is 2.82. The van der Waals surface area contributed by atoms with E-state index in [0.29, 0.717) is 11.2 Å². The number of nitrogen functional groups attached to an aromatic ring is 1. The van der Waals surface area contributed by atoms with E-state index in [-0.39, 0.29) is 0 Å². The van der Waals surface area contributed by atoms with Gasteiger partial charge in [0.05, 0.1) is 6.20 Å². The zero-order valence-electron chi connectivity index (χ0n) is 13.2. The summed E-state index contributed by atoms with van der Waals surface area (Å²) in [6.07, 6.45) is 9.23. The van der Waals surface area contributed by atoms with Crippen LogP contribution in [0.15, 0.2) is 18.6 Å². The first-order valence-electron chi connectivity index (χ1n) is 7.79. The summed E-state index contributed by atoms with van der Waals surface area (Å²) in [4.78, 5) is 11.3. The minimum Gasteiger partial charge on any atom is -0.382 e. The maximum absolute atomic E-state index is 5.94. The molecule has 1 fully saturated rings. The van der Waals surface area contributed by atoms with E-state index in [2.05, 4.69) is 35.6 Å². The summed E-state index contributed by atoms with van der Waals surface area (Å²) in [5, 5.41) is 0. The molecule has 5 heteroatoms. The Morgan fingerprint density at radius 2 is 2.05 bits per heavy atom. The molecule has 0 amide bonds. The zero-order valence-corrected chi connectivity index (χ0v) is 13.2. The van der Waals surface area contributed by atoms with Crippen LogP contribution < -0.4 is 10.6 Å². The van der Waals surface area contributed by atoms with Crippen molar-refractivity contribution in [1.82, 2.24) is 14.4 Å². The normalized spacial score (nSPS) is 20.7. The molecule has 1 unspecified atom stereocenters. The molecule has 1 aliphatic rings. The van der Waals surface area contributed by atoms with Crippen LogP contribution in [0, 0.1) is 11.3 Å². The highest BCUT2D eigenvalue weighted by molar-refractivity contribution is 5.66. The average molecular weight is 287 g/mol. The Bertz CT molecular complexity index is 625. The summed E-state index contributed by atoms with van der Waals surface area (Å²) in [6.45, 7) is 9.10. The topological polar surface area (TPSA) is 59.5 Å². The predicted octanol–water partition coefficient (Wildman–Crippen LogP) is 2.96. The quantitative estimate of drug-likeness (QED) is 0.876. The fraction of sp³-hybridized carbons (Fsp3) is 0.625. The van der Waals surface area contributed by atoms with Gasteiger partial charge in [-0.2, -0.15) is 0 Å². The molecule has 0 spiro atoms. The third-order valence-corrected chi connectivity index (χ3v) is 4.63. The van der Waals surface area contributed by atoms with Crippen molar-refractivity contribution in [2.45, 2.75) is 40.0 Å². The van der Waals surface area contributed by atoms with Gasteiger partial charge in [0.1, 0.15) is 5.82 Å². The average Bonchev–Trinajstić information content (AvgIpc) is 2.71. The molecule has 21 heavy (non-hydrogen) atoms. The van der Waals surface area contributed by atoms with E-state index in [1.807, 2.05) is 16.8 Å². The molecule has 1 aliphatic heterocycles. The van der Waals surface area contributed by atoms with E-state index < -0.39 is 0 Å². The smallest absolute Gasteiger partial charge is 0.180 e. The van der Waals surface area contributed by atoms with Crippen molar-refractivity contribution in [3.05, 3.63) is 18.6 Å². The number of fused-ring (bicyclic) bond motifs is 1. The lowest BCUT2D eigenvalue weighted by atomic mass is 9.77. The number of anilines is 2. The molecule has 0 saturated carbocycles. The SMILES string of the molecule is CC(C)(C)C1CCCN(c2nc(N)cn3ccnc23)CC1. The van der Waals surface area contributed by atoms with Crippen LogP contribution in [0.4, 0.5) is 11.6 Å². The van der Waals surface area contributed by atoms with Crippen molar-refractivity contribution in [2.24, 2.45) is 11.3 Å². The lowest BCUT2D eigenvalue weighted by Crippen LogP contribution is -2.27. The highest BCUT2D eigenvalue weighted by Gasteiger charge is 2.28. The van der Waals surface area contributed by atoms with Gasteiger partial charge in [-0.1, -0.05) is 20.8 Å². The molecule has 3 rings (SSSR count). The molecule has 5 nitrogen and oxygen atoms in total. The van der Waals surface area contributed by atoms with Crippen molar-refractivity contribution >= 4 is 17.3 Å². The molecule has 2 aromatic heterocycles. The van der Waals surface area contributed by atoms with Crippen molar-refractivity contribution in [3.63, 3.8) is 0 Å². The van der Waals surface area contributed by atoms with Crippen LogP contribution in [0.1, 0.15) is 40.0 Å². The van der Waals surface area contributed by atoms with Gasteiger partial charge in [0, 0.05) is 25.5 Å². The maximum Gasteiger partial charge on any atom is 0.180 e. The van der Waals surface area contributed by atoms with Gasteiger partial charge in [-0.25, -0.2) is 9.97 Å². The van der Waals surface area contributed by atoms with Gasteiger partial charge >= 0.3 is 0 Å². The van der Waals surface area contributed by atoms with E-state index >= 15 is 0 Å². The summed E-state index contributed by atoms with van der Waals surface area (Å²) in [5.74, 6) is 2.24. The molecule has 2 N–H and O–H groups in total. The summed E-state index contributed by atoms with van der Waals surface area (Å²) in [7, 11) is 0. The van der Waals surface area contributed by atoms with Gasteiger partial charge in [0.15, 0.2) is 11.5 Å². The minimum atomic E-state index is 0.377. The van der Waals surface area contributed by atoms with Crippen LogP contribution in [0.5, 0.6) is 0 Å². The lowest BCUT2D eigenvalue weighted by molar-refractivity contribution is 0.220. The van der Waals surface area contributed by atoms with E-state index in [0.717, 1.165) is 30.5 Å². The molecule has 0 bridgehead atoms. The zero-order chi connectivity index (χ0) is 15.0. The fourth-order valence-corrected chi connectivity index (χ4v) is 3.32. The van der Waals surface area contributed by atoms with E-state index in [1.54, 1.807) is 6.20 Å². The van der Waals surface area contributed by atoms with Crippen molar-refractivity contribution < 1.29 is 0 Å². The molecule has 0 aliphatic carbocycles. The number of hydrogen-bond donors (Lipinski definition) is 1. The van der Waals surface area contributed by atoms with E-state index in [1.165, 1.54) is 19.3 Å². The first kappa shape index (κ1) is 14.2. The van der Waals surface area contributed by atoms with Crippen molar-refractivity contribution in [1.29, 1.82) is 0 Å². The van der Waals surface area contributed by atoms with Gasteiger partial charge in [0.25, 0.3) is 0 Å². The molecule has 3 heterocycles. The molecule has 114 valence electrons. The van der Waals surface area contributed by atoms with Gasteiger partial charge < -0.3 is 15.0 Å². The Hall–Kier alpha value is -1.78. The van der Waals surface area contributed by atoms with Crippen molar-refractivity contribution in [2.75, 3.05) is 23.7 Å². The highest BCUT2D eigenvalue weighted by atomic mass is 15.2. The van der Waals surface area contributed by atoms with Gasteiger partial charge in [-0.05, 0) is 30.6 Å². The Labute approximate surface area is 126 Å². The van der Waals surface area contributed by atoms with Gasteiger partial charge in [0.2, 0.25) is 0 Å². The van der Waals surface area contributed by atoms with Crippen molar-refractivity contribution in [3.8, 4) is 0 Å². The second-order valence-corrected chi connectivity index (χ2v) is 7.13. The first-order chi connectivity index (χ1) is 9.95. The van der Waals surface area contributed by atoms with E-state index in [4.69, 9.17) is 5.73 Å². The Kier molecular flexibility index (Phi) is 3.51. The molecule has 1 atom stereocenters. The molecule has 0 radical (unpaired) electrons. The second kappa shape index (κ2) is 5.20. The molecule has 0 aromatic carbocycles. The fourth-order valence-electron chi connectivity index (χ4n) is 3.32. The summed E-state index contributed by atoms with van der Waals surface area (Å²) in [5.41, 5.74) is 7.22. The maximum atomic E-state index is 5.94. The first-order valence-corrected chi connectivity index (χ1v) is 7.79. The minimum absolute atomic E-state index is 0.377. The van der Waals surface area contributed by atoms with Crippen LogP contribution in [0.2, 0.25) is 0 Å². The highest BCUT2D eigenvalue weighted by Crippen LogP contribution is 2.35. The Morgan fingerprint density at radius 1 is 1.24 bits per heavy atom. The number of nitrogens with zero attached hydrogens (tertiary/aromatic N) is 4. The number of aromatic nitrogens is 3. The molecular formula is C16H25N5. The molecular weight excluding hydrogens is 262 g/mol. The summed E-state index contributed by atoms with van der Waals surface area (Å²) >= 11 is 0. The molecule has 2 aromatic rings. The summed E-state index contributed by atoms with van der Waals surface area (Å²) in [6, 6.07) is 0. The lowest BCUT2D eigenvalue weighted by Gasteiger charge is -2.30. The van der Waals surface area contributed by atoms with E-state index in [9.17, 15) is 0 Å². The second-order valence-electron chi connectivity index (χ2n) is 7.13. The number of imidazole rings is 1. The van der Waals surface area contributed by atoms with Crippen LogP contribution in [-0.2, 0) is 0 Å². The molecule has 1 saturated heterocycles. The Balaban J connectivity index is 1.88. The standard InChI is InChI=1S/C16H25N5/c1-16(2,3)12-5-4-8-20(9-6-12)15-14-18-7-10-21(14)11-13(17)19-15/h7,10-12H,4-6,8-9,17H2,1-3H3. The van der Waals surface area contributed by atoms with Gasteiger partial charge in [-0.15, -0.1) is 0 Å². The van der Waals surface area contributed by atoms with Gasteiger partial charge in [-0.3, -0.25) is 0 Å². The number of hydrogen-bond acceptors (Lipinski definition) is 4. The van der Waals surface area contributed by atoms with Crippen LogP contribution >= 0.6 is 0 Å².